The van der Waals surface area contributed by atoms with Crippen LogP contribution in [0.3, 0.4) is 0 Å². The van der Waals surface area contributed by atoms with Crippen LogP contribution < -0.4 is 0 Å². The van der Waals surface area contributed by atoms with E-state index in [1.54, 1.807) is 22.9 Å². The molecule has 21 heavy (non-hydrogen) atoms. The number of halogens is 1. The van der Waals surface area contributed by atoms with Crippen molar-refractivity contribution in [2.24, 2.45) is 0 Å². The highest BCUT2D eigenvalue weighted by atomic mass is 19.1. The molecule has 0 atom stereocenters. The average Bonchev–Trinajstić information content (AvgIpc) is 2.92. The Balaban J connectivity index is 1.87. The van der Waals surface area contributed by atoms with E-state index in [2.05, 4.69) is 6.92 Å². The van der Waals surface area contributed by atoms with Crippen molar-refractivity contribution >= 4 is 16.7 Å². The Labute approximate surface area is 122 Å². The summed E-state index contributed by atoms with van der Waals surface area (Å²) in [5, 5.41) is 0.548. The fraction of sp³-hybridized carbons (Fsp3) is 0.167. The number of rotatable bonds is 4. The Morgan fingerprint density at radius 2 is 1.86 bits per heavy atom. The molecule has 0 N–H and O–H groups in total. The summed E-state index contributed by atoms with van der Waals surface area (Å²) in [6.07, 6.45) is 2.71. The van der Waals surface area contributed by atoms with Crippen LogP contribution in [0.1, 0.15) is 22.8 Å². The number of benzene rings is 2. The molecule has 0 spiro atoms. The summed E-state index contributed by atoms with van der Waals surface area (Å²) in [5.41, 5.74) is 2.64. The van der Waals surface area contributed by atoms with Gasteiger partial charge in [-0.3, -0.25) is 4.79 Å². The van der Waals surface area contributed by atoms with Crippen LogP contribution in [-0.2, 0) is 13.0 Å². The van der Waals surface area contributed by atoms with E-state index in [4.69, 9.17) is 0 Å². The zero-order valence-electron chi connectivity index (χ0n) is 11.8. The van der Waals surface area contributed by atoms with Crippen molar-refractivity contribution < 1.29 is 9.18 Å². The largest absolute Gasteiger partial charge is 0.340 e. The number of fused-ring (bicyclic) bond motifs is 1. The Morgan fingerprint density at radius 3 is 2.57 bits per heavy atom. The predicted octanol–water partition coefficient (Wildman–Crippen LogP) is 4.23. The van der Waals surface area contributed by atoms with E-state index in [0.717, 1.165) is 11.9 Å². The zero-order chi connectivity index (χ0) is 14.8. The van der Waals surface area contributed by atoms with Crippen molar-refractivity contribution in [2.45, 2.75) is 19.9 Å². The third-order valence-electron chi connectivity index (χ3n) is 3.76. The topological polar surface area (TPSA) is 22.0 Å². The summed E-state index contributed by atoms with van der Waals surface area (Å²) >= 11 is 0. The number of hydrogen-bond donors (Lipinski definition) is 0. The fourth-order valence-electron chi connectivity index (χ4n) is 2.50. The van der Waals surface area contributed by atoms with Gasteiger partial charge >= 0.3 is 0 Å². The lowest BCUT2D eigenvalue weighted by molar-refractivity contribution is 0.0973. The van der Waals surface area contributed by atoms with E-state index in [1.165, 1.54) is 11.6 Å². The van der Waals surface area contributed by atoms with E-state index >= 15 is 0 Å². The molecule has 1 aromatic heterocycles. The van der Waals surface area contributed by atoms with Gasteiger partial charge in [0.1, 0.15) is 5.82 Å². The Hall–Kier alpha value is -2.42. The van der Waals surface area contributed by atoms with Crippen LogP contribution >= 0.6 is 0 Å². The molecule has 0 saturated carbocycles. The second-order valence-corrected chi connectivity index (χ2v) is 5.09. The second-order valence-electron chi connectivity index (χ2n) is 5.09. The minimum Gasteiger partial charge on any atom is -0.340 e. The van der Waals surface area contributed by atoms with Crippen LogP contribution in [-0.4, -0.2) is 10.4 Å². The molecule has 0 fully saturated rings. The van der Waals surface area contributed by atoms with Crippen molar-refractivity contribution in [3.8, 4) is 0 Å². The van der Waals surface area contributed by atoms with Gasteiger partial charge in [0.2, 0.25) is 0 Å². The molecule has 0 unspecified atom stereocenters. The van der Waals surface area contributed by atoms with Gasteiger partial charge in [-0.2, -0.15) is 0 Å². The molecular weight excluding hydrogens is 265 g/mol. The van der Waals surface area contributed by atoms with Gasteiger partial charge in [0.25, 0.3) is 0 Å². The number of carbonyl (C=O) groups excluding carboxylic acids is 1. The van der Waals surface area contributed by atoms with Crippen LogP contribution in [0.5, 0.6) is 0 Å². The van der Waals surface area contributed by atoms with Crippen molar-refractivity contribution in [1.82, 2.24) is 4.57 Å². The van der Waals surface area contributed by atoms with Crippen LogP contribution in [0.25, 0.3) is 10.9 Å². The number of aryl methyl sites for hydroxylation is 1. The summed E-state index contributed by atoms with van der Waals surface area (Å²) < 4.78 is 15.4. The first kappa shape index (κ1) is 13.6. The maximum absolute atomic E-state index is 13.6. The average molecular weight is 281 g/mol. The second kappa shape index (κ2) is 5.52. The number of Topliss-reactive ketones (excluding diaryl/α,β-unsaturated/α-hetero) is 1. The van der Waals surface area contributed by atoms with Gasteiger partial charge in [0.05, 0.1) is 12.1 Å². The lowest BCUT2D eigenvalue weighted by Crippen LogP contribution is -2.09. The first-order valence-electron chi connectivity index (χ1n) is 7.04. The molecule has 3 rings (SSSR count). The van der Waals surface area contributed by atoms with E-state index in [0.29, 0.717) is 10.9 Å². The molecule has 3 heteroatoms. The molecule has 0 radical (unpaired) electrons. The number of nitrogens with zero attached hydrogens (tertiary/aromatic N) is 1. The molecule has 106 valence electrons. The van der Waals surface area contributed by atoms with Gasteiger partial charge in [-0.05, 0) is 30.2 Å². The number of aromatic nitrogens is 1. The minimum absolute atomic E-state index is 0.0272. The van der Waals surface area contributed by atoms with Gasteiger partial charge in [-0.15, -0.1) is 0 Å². The summed E-state index contributed by atoms with van der Waals surface area (Å²) in [6, 6.07) is 14.3. The number of hydrogen-bond acceptors (Lipinski definition) is 1. The standard InChI is InChI=1S/C18H16FNO/c1-2-13-6-8-14(9-7-13)18(21)12-20-11-10-15-16(19)4-3-5-17(15)20/h3-11H,2,12H2,1H3. The molecule has 0 aliphatic carbocycles. The lowest BCUT2D eigenvalue weighted by Gasteiger charge is -2.06. The molecule has 2 nitrogen and oxygen atoms in total. The molecule has 0 saturated heterocycles. The predicted molar refractivity (Wildman–Crippen MR) is 82.0 cm³/mol. The number of ketones is 1. The molecule has 3 aromatic rings. The SMILES string of the molecule is CCc1ccc(C(=O)Cn2ccc3c(F)cccc32)cc1. The summed E-state index contributed by atoms with van der Waals surface area (Å²) in [7, 11) is 0. The third-order valence-corrected chi connectivity index (χ3v) is 3.76. The van der Waals surface area contributed by atoms with E-state index < -0.39 is 0 Å². The molecule has 0 bridgehead atoms. The van der Waals surface area contributed by atoms with Crippen LogP contribution in [0.15, 0.2) is 54.7 Å². The van der Waals surface area contributed by atoms with Gasteiger partial charge in [-0.1, -0.05) is 37.3 Å². The maximum atomic E-state index is 13.6. The highest BCUT2D eigenvalue weighted by Crippen LogP contribution is 2.19. The lowest BCUT2D eigenvalue weighted by atomic mass is 10.1. The van der Waals surface area contributed by atoms with E-state index in [1.807, 2.05) is 30.3 Å². The smallest absolute Gasteiger partial charge is 0.182 e. The molecular formula is C18H16FNO. The summed E-state index contributed by atoms with van der Waals surface area (Å²) in [4.78, 5) is 12.3. The van der Waals surface area contributed by atoms with Crippen molar-refractivity contribution in [2.75, 3.05) is 0 Å². The third kappa shape index (κ3) is 2.59. The van der Waals surface area contributed by atoms with Crippen molar-refractivity contribution in [3.63, 3.8) is 0 Å². The molecule has 0 aliphatic heterocycles. The minimum atomic E-state index is -0.258. The highest BCUT2D eigenvalue weighted by Gasteiger charge is 2.10. The molecule has 0 amide bonds. The van der Waals surface area contributed by atoms with E-state index in [9.17, 15) is 9.18 Å². The van der Waals surface area contributed by atoms with Crippen LogP contribution in [0.4, 0.5) is 4.39 Å². The first-order chi connectivity index (χ1) is 10.2. The van der Waals surface area contributed by atoms with Crippen LogP contribution in [0.2, 0.25) is 0 Å². The van der Waals surface area contributed by atoms with Crippen molar-refractivity contribution in [1.29, 1.82) is 0 Å². The Kier molecular flexibility index (Phi) is 3.57. The highest BCUT2D eigenvalue weighted by molar-refractivity contribution is 5.97. The Bertz CT molecular complexity index is 787. The van der Waals surface area contributed by atoms with Gasteiger partial charge in [-0.25, -0.2) is 4.39 Å². The molecule has 2 aromatic carbocycles. The fourth-order valence-corrected chi connectivity index (χ4v) is 2.50. The summed E-state index contributed by atoms with van der Waals surface area (Å²) in [5.74, 6) is -0.231. The van der Waals surface area contributed by atoms with Gasteiger partial charge in [0, 0.05) is 17.1 Å². The van der Waals surface area contributed by atoms with Gasteiger partial charge < -0.3 is 4.57 Å². The van der Waals surface area contributed by atoms with Crippen LogP contribution in [0, 0.1) is 5.82 Å². The normalized spacial score (nSPS) is 11.0. The zero-order valence-corrected chi connectivity index (χ0v) is 11.8. The van der Waals surface area contributed by atoms with Gasteiger partial charge in [0.15, 0.2) is 5.78 Å². The summed E-state index contributed by atoms with van der Waals surface area (Å²) in [6.45, 7) is 2.30. The Morgan fingerprint density at radius 1 is 1.10 bits per heavy atom. The maximum Gasteiger partial charge on any atom is 0.182 e. The van der Waals surface area contributed by atoms with Crippen molar-refractivity contribution in [3.05, 3.63) is 71.7 Å². The van der Waals surface area contributed by atoms with E-state index in [-0.39, 0.29) is 18.1 Å². The first-order valence-corrected chi connectivity index (χ1v) is 7.04. The monoisotopic (exact) mass is 281 g/mol. The molecule has 0 aliphatic rings. The number of carbonyl (C=O) groups is 1. The quantitative estimate of drug-likeness (QED) is 0.656. The molecule has 1 heterocycles.